The van der Waals surface area contributed by atoms with Crippen LogP contribution in [0.1, 0.15) is 50.9 Å². The van der Waals surface area contributed by atoms with Gasteiger partial charge in [-0.1, -0.05) is 17.7 Å². The number of ketones is 1. The normalized spacial score (nSPS) is 12.0. The van der Waals surface area contributed by atoms with E-state index in [0.717, 1.165) is 4.57 Å². The number of nitrogens with zero attached hydrogens (tertiary/aromatic N) is 5. The summed E-state index contributed by atoms with van der Waals surface area (Å²) in [5.74, 6) is -0.254. The Morgan fingerprint density at radius 2 is 1.83 bits per heavy atom. The molecule has 0 fully saturated rings. The van der Waals surface area contributed by atoms with Crippen LogP contribution < -0.4 is 11.2 Å². The van der Waals surface area contributed by atoms with Crippen molar-refractivity contribution < 1.29 is 14.3 Å². The van der Waals surface area contributed by atoms with E-state index in [4.69, 9.17) is 16.3 Å². The van der Waals surface area contributed by atoms with Gasteiger partial charge in [-0.2, -0.15) is 0 Å². The van der Waals surface area contributed by atoms with Gasteiger partial charge >= 0.3 is 11.8 Å². The first-order valence-corrected chi connectivity index (χ1v) is 11.5. The molecule has 0 aliphatic heterocycles. The third-order valence-electron chi connectivity index (χ3n) is 5.64. The molecule has 4 rings (SSSR count). The van der Waals surface area contributed by atoms with Crippen molar-refractivity contribution in [3.05, 3.63) is 61.6 Å². The molecule has 11 heteroatoms. The minimum atomic E-state index is -0.772. The number of imidazole rings is 1. The molecule has 35 heavy (non-hydrogen) atoms. The van der Waals surface area contributed by atoms with Crippen molar-refractivity contribution in [3.63, 3.8) is 0 Å². The Kier molecular flexibility index (Phi) is 5.96. The number of aromatic nitrogens is 5. The van der Waals surface area contributed by atoms with E-state index >= 15 is 0 Å². The van der Waals surface area contributed by atoms with Crippen LogP contribution in [0.15, 0.2) is 33.9 Å². The van der Waals surface area contributed by atoms with E-state index in [-0.39, 0.29) is 35.9 Å². The van der Waals surface area contributed by atoms with Gasteiger partial charge in [0.05, 0.1) is 17.8 Å². The van der Waals surface area contributed by atoms with Gasteiger partial charge in [-0.3, -0.25) is 18.7 Å². The number of Topliss-reactive ketones (excluding diaryl/α,β-unsaturated/α-hetero) is 1. The molecule has 184 valence electrons. The molecule has 0 spiro atoms. The summed E-state index contributed by atoms with van der Waals surface area (Å²) < 4.78 is 10.7. The molecule has 10 nitrogen and oxygen atoms in total. The van der Waals surface area contributed by atoms with Gasteiger partial charge in [0, 0.05) is 30.9 Å². The fourth-order valence-corrected chi connectivity index (χ4v) is 4.38. The second kappa shape index (κ2) is 8.53. The van der Waals surface area contributed by atoms with Gasteiger partial charge in [-0.15, -0.1) is 0 Å². The predicted molar refractivity (Wildman–Crippen MR) is 133 cm³/mol. The number of ether oxygens (including phenoxy) is 1. The summed E-state index contributed by atoms with van der Waals surface area (Å²) >= 11 is 6.38. The lowest BCUT2D eigenvalue weighted by Crippen LogP contribution is -2.41. The van der Waals surface area contributed by atoms with Crippen LogP contribution in [0.3, 0.4) is 0 Å². The van der Waals surface area contributed by atoms with E-state index in [1.807, 2.05) is 0 Å². The standard InChI is InChI=1S/C24H26ClN5O5/c1-7-28-20-18(27(6)19(26-20)13(2)31)21(32)29(22(28)33)12-14-11-15-16(25)9-8-10-17(15)30(14)23(34)35-24(3,4)5/h8-11H,7,12H2,1-6H3. The Labute approximate surface area is 205 Å². The number of carbonyl (C=O) groups is 2. The van der Waals surface area contributed by atoms with Crippen molar-refractivity contribution in [1.82, 2.24) is 23.3 Å². The Hall–Kier alpha value is -3.66. The smallest absolute Gasteiger partial charge is 0.419 e. The summed E-state index contributed by atoms with van der Waals surface area (Å²) in [6.45, 7) is 8.33. The first-order chi connectivity index (χ1) is 16.4. The highest BCUT2D eigenvalue weighted by Crippen LogP contribution is 2.28. The van der Waals surface area contributed by atoms with E-state index in [1.165, 1.54) is 20.6 Å². The molecule has 0 radical (unpaired) electrons. The molecule has 0 amide bonds. The van der Waals surface area contributed by atoms with E-state index < -0.39 is 22.9 Å². The van der Waals surface area contributed by atoms with Gasteiger partial charge < -0.3 is 9.30 Å². The largest absolute Gasteiger partial charge is 0.443 e. The third kappa shape index (κ3) is 4.07. The van der Waals surface area contributed by atoms with Crippen LogP contribution in [-0.2, 0) is 24.9 Å². The quantitative estimate of drug-likeness (QED) is 0.397. The molecule has 1 aromatic carbocycles. The van der Waals surface area contributed by atoms with Gasteiger partial charge in [0.1, 0.15) is 5.60 Å². The SMILES string of the molecule is CCn1c(=O)n(Cc2cc3c(Cl)cccc3n2C(=O)OC(C)(C)C)c(=O)c2c1nc(C(C)=O)n2C. The van der Waals surface area contributed by atoms with Crippen molar-refractivity contribution in [3.8, 4) is 0 Å². The lowest BCUT2D eigenvalue weighted by molar-refractivity contribution is 0.0539. The summed E-state index contributed by atoms with van der Waals surface area (Å²) in [4.78, 5) is 56.3. The average molecular weight is 500 g/mol. The van der Waals surface area contributed by atoms with E-state index in [0.29, 0.717) is 21.6 Å². The monoisotopic (exact) mass is 499 g/mol. The molecule has 0 saturated heterocycles. The Morgan fingerprint density at radius 1 is 1.14 bits per heavy atom. The van der Waals surface area contributed by atoms with Gasteiger partial charge in [-0.25, -0.2) is 19.1 Å². The minimum Gasteiger partial charge on any atom is -0.443 e. The molecule has 3 heterocycles. The average Bonchev–Trinajstić information content (AvgIpc) is 3.29. The number of hydrogen-bond acceptors (Lipinski definition) is 6. The van der Waals surface area contributed by atoms with Crippen LogP contribution >= 0.6 is 11.6 Å². The van der Waals surface area contributed by atoms with E-state index in [1.54, 1.807) is 59.0 Å². The number of hydrogen-bond donors (Lipinski definition) is 0. The van der Waals surface area contributed by atoms with Crippen molar-refractivity contribution in [2.45, 2.75) is 53.3 Å². The molecule has 0 bridgehead atoms. The zero-order valence-electron chi connectivity index (χ0n) is 20.4. The molecule has 3 aromatic heterocycles. The second-order valence-electron chi connectivity index (χ2n) is 9.27. The number of halogens is 1. The molecule has 0 unspecified atom stereocenters. The first-order valence-electron chi connectivity index (χ1n) is 11.1. The zero-order valence-corrected chi connectivity index (χ0v) is 21.1. The van der Waals surface area contributed by atoms with Crippen molar-refractivity contribution in [1.29, 1.82) is 0 Å². The number of benzene rings is 1. The molecule has 4 aromatic rings. The molecular formula is C24H26ClN5O5. The van der Waals surface area contributed by atoms with Gasteiger partial charge in [0.25, 0.3) is 5.56 Å². The first kappa shape index (κ1) is 24.5. The molecule has 0 aliphatic carbocycles. The summed E-state index contributed by atoms with van der Waals surface area (Å²) in [5.41, 5.74) is -0.901. The van der Waals surface area contributed by atoms with Gasteiger partial charge in [-0.05, 0) is 45.9 Å². The van der Waals surface area contributed by atoms with Crippen LogP contribution in [0, 0.1) is 0 Å². The summed E-state index contributed by atoms with van der Waals surface area (Å²) in [7, 11) is 1.56. The second-order valence-corrected chi connectivity index (χ2v) is 9.67. The number of fused-ring (bicyclic) bond motifs is 2. The molecule has 0 N–H and O–H groups in total. The Balaban J connectivity index is 2.00. The molecular weight excluding hydrogens is 474 g/mol. The number of rotatable bonds is 4. The van der Waals surface area contributed by atoms with Crippen LogP contribution in [0.25, 0.3) is 22.1 Å². The summed E-state index contributed by atoms with van der Waals surface area (Å²) in [6.07, 6.45) is -0.658. The number of carbonyl (C=O) groups excluding carboxylic acids is 2. The Bertz CT molecular complexity index is 1630. The van der Waals surface area contributed by atoms with E-state index in [2.05, 4.69) is 4.98 Å². The minimum absolute atomic E-state index is 0.0751. The summed E-state index contributed by atoms with van der Waals surface area (Å²) in [6, 6.07) is 6.77. The van der Waals surface area contributed by atoms with Crippen LogP contribution in [-0.4, -0.2) is 40.7 Å². The topological polar surface area (TPSA) is 110 Å². The highest BCUT2D eigenvalue weighted by Gasteiger charge is 2.26. The third-order valence-corrected chi connectivity index (χ3v) is 5.97. The predicted octanol–water partition coefficient (Wildman–Crippen LogP) is 3.56. The van der Waals surface area contributed by atoms with Crippen LogP contribution in [0.4, 0.5) is 4.79 Å². The maximum atomic E-state index is 13.5. The molecule has 0 saturated carbocycles. The van der Waals surface area contributed by atoms with Crippen LogP contribution in [0.2, 0.25) is 5.02 Å². The molecule has 0 aliphatic rings. The number of aryl methyl sites for hydroxylation is 2. The zero-order chi connectivity index (χ0) is 25.8. The summed E-state index contributed by atoms with van der Waals surface area (Å²) in [5, 5.41) is 0.997. The van der Waals surface area contributed by atoms with Gasteiger partial charge in [0.2, 0.25) is 0 Å². The van der Waals surface area contributed by atoms with Crippen LogP contribution in [0.5, 0.6) is 0 Å². The maximum absolute atomic E-state index is 13.5. The van der Waals surface area contributed by atoms with Crippen molar-refractivity contribution in [2.75, 3.05) is 0 Å². The highest BCUT2D eigenvalue weighted by atomic mass is 35.5. The maximum Gasteiger partial charge on any atom is 0.419 e. The van der Waals surface area contributed by atoms with Crippen molar-refractivity contribution >= 4 is 45.5 Å². The van der Waals surface area contributed by atoms with Gasteiger partial charge in [0.15, 0.2) is 22.8 Å². The van der Waals surface area contributed by atoms with Crippen molar-refractivity contribution in [2.24, 2.45) is 7.05 Å². The fourth-order valence-electron chi connectivity index (χ4n) is 4.15. The lowest BCUT2D eigenvalue weighted by Gasteiger charge is -2.21. The Morgan fingerprint density at radius 3 is 2.43 bits per heavy atom. The lowest BCUT2D eigenvalue weighted by atomic mass is 10.2. The molecule has 0 atom stereocenters. The highest BCUT2D eigenvalue weighted by molar-refractivity contribution is 6.35. The fraction of sp³-hybridized carbons (Fsp3) is 0.375. The van der Waals surface area contributed by atoms with E-state index in [9.17, 15) is 19.2 Å².